The lowest BCUT2D eigenvalue weighted by Crippen LogP contribution is -2.24. The number of nitrogens with zero attached hydrogens (tertiary/aromatic N) is 3. The van der Waals surface area contributed by atoms with Gasteiger partial charge in [-0.2, -0.15) is 5.10 Å². The molecular formula is C21H20ClFN4O. The third-order valence-electron chi connectivity index (χ3n) is 5.05. The fourth-order valence-corrected chi connectivity index (χ4v) is 3.92. The zero-order valence-corrected chi connectivity index (χ0v) is 16.0. The van der Waals surface area contributed by atoms with E-state index in [1.54, 1.807) is 12.4 Å². The van der Waals surface area contributed by atoms with E-state index in [0.29, 0.717) is 6.04 Å². The predicted molar refractivity (Wildman–Crippen MR) is 106 cm³/mol. The van der Waals surface area contributed by atoms with E-state index in [-0.39, 0.29) is 17.1 Å². The number of hydrogen-bond acceptors (Lipinski definition) is 3. The summed E-state index contributed by atoms with van der Waals surface area (Å²) in [6.45, 7) is 0.196. The van der Waals surface area contributed by atoms with Crippen LogP contribution in [0.15, 0.2) is 48.8 Å². The summed E-state index contributed by atoms with van der Waals surface area (Å²) in [5.74, 6) is -1.19. The second-order valence-electron chi connectivity index (χ2n) is 6.92. The van der Waals surface area contributed by atoms with Crippen molar-refractivity contribution in [3.8, 4) is 11.3 Å². The van der Waals surface area contributed by atoms with Crippen molar-refractivity contribution in [1.29, 1.82) is 0 Å². The van der Waals surface area contributed by atoms with Gasteiger partial charge in [-0.25, -0.2) is 4.39 Å². The van der Waals surface area contributed by atoms with Crippen molar-refractivity contribution < 1.29 is 9.18 Å². The van der Waals surface area contributed by atoms with Crippen LogP contribution in [0.4, 0.5) is 4.39 Å². The molecule has 0 radical (unpaired) electrons. The van der Waals surface area contributed by atoms with Crippen molar-refractivity contribution in [3.63, 3.8) is 0 Å². The van der Waals surface area contributed by atoms with Crippen LogP contribution in [-0.4, -0.2) is 20.7 Å². The molecule has 0 unspecified atom stereocenters. The highest BCUT2D eigenvalue weighted by Crippen LogP contribution is 2.33. The molecule has 1 fully saturated rings. The number of pyridine rings is 1. The molecule has 1 saturated carbocycles. The Morgan fingerprint density at radius 2 is 1.96 bits per heavy atom. The topological polar surface area (TPSA) is 59.8 Å². The molecule has 1 aromatic carbocycles. The van der Waals surface area contributed by atoms with Crippen LogP contribution >= 0.6 is 11.6 Å². The Morgan fingerprint density at radius 3 is 2.68 bits per heavy atom. The van der Waals surface area contributed by atoms with E-state index >= 15 is 0 Å². The number of halogens is 2. The maximum absolute atomic E-state index is 13.9. The first-order valence-electron chi connectivity index (χ1n) is 9.34. The lowest BCUT2D eigenvalue weighted by molar-refractivity contribution is 0.0946. The van der Waals surface area contributed by atoms with E-state index in [1.165, 1.54) is 31.0 Å². The molecule has 0 spiro atoms. The van der Waals surface area contributed by atoms with Crippen LogP contribution < -0.4 is 5.32 Å². The highest BCUT2D eigenvalue weighted by Gasteiger charge is 2.22. The molecule has 7 heteroatoms. The number of benzene rings is 1. The van der Waals surface area contributed by atoms with Gasteiger partial charge in [0.05, 0.1) is 34.6 Å². The molecule has 2 aromatic heterocycles. The Labute approximate surface area is 167 Å². The quantitative estimate of drug-likeness (QED) is 0.672. The smallest absolute Gasteiger partial charge is 0.256 e. The van der Waals surface area contributed by atoms with Gasteiger partial charge in [-0.3, -0.25) is 14.5 Å². The average molecular weight is 399 g/mol. The normalized spacial score (nSPS) is 14.4. The monoisotopic (exact) mass is 398 g/mol. The minimum Gasteiger partial charge on any atom is -0.346 e. The lowest BCUT2D eigenvalue weighted by Gasteiger charge is -2.14. The molecule has 1 aliphatic carbocycles. The van der Waals surface area contributed by atoms with Gasteiger partial charge in [-0.1, -0.05) is 30.5 Å². The molecule has 0 aliphatic heterocycles. The number of amides is 1. The van der Waals surface area contributed by atoms with Gasteiger partial charge in [0.1, 0.15) is 5.82 Å². The molecule has 4 rings (SSSR count). The number of nitrogens with one attached hydrogen (secondary N) is 1. The zero-order chi connectivity index (χ0) is 19.5. The second kappa shape index (κ2) is 8.10. The minimum atomic E-state index is -0.640. The molecule has 3 aromatic rings. The summed E-state index contributed by atoms with van der Waals surface area (Å²) in [6, 6.07) is 10.4. The molecule has 144 valence electrons. The molecule has 0 atom stereocenters. The maximum atomic E-state index is 13.9. The summed E-state index contributed by atoms with van der Waals surface area (Å²) in [4.78, 5) is 16.5. The van der Waals surface area contributed by atoms with Crippen molar-refractivity contribution in [2.45, 2.75) is 38.3 Å². The molecule has 2 heterocycles. The van der Waals surface area contributed by atoms with Gasteiger partial charge >= 0.3 is 0 Å². The summed E-state index contributed by atoms with van der Waals surface area (Å²) < 4.78 is 16.0. The first-order valence-corrected chi connectivity index (χ1v) is 9.72. The van der Waals surface area contributed by atoms with E-state index in [0.717, 1.165) is 29.8 Å². The number of carbonyl (C=O) groups is 1. The third kappa shape index (κ3) is 3.78. The van der Waals surface area contributed by atoms with Crippen LogP contribution in [0.2, 0.25) is 5.02 Å². The average Bonchev–Trinajstić information content (AvgIpc) is 3.36. The van der Waals surface area contributed by atoms with E-state index in [9.17, 15) is 9.18 Å². The highest BCUT2D eigenvalue weighted by atomic mass is 35.5. The Bertz CT molecular complexity index is 963. The van der Waals surface area contributed by atoms with Gasteiger partial charge in [0, 0.05) is 18.0 Å². The number of hydrogen-bond donors (Lipinski definition) is 1. The third-order valence-corrected chi connectivity index (χ3v) is 5.37. The first-order chi connectivity index (χ1) is 13.6. The van der Waals surface area contributed by atoms with E-state index in [1.807, 2.05) is 18.2 Å². The Balaban J connectivity index is 1.57. The molecular weight excluding hydrogens is 379 g/mol. The first kappa shape index (κ1) is 18.6. The van der Waals surface area contributed by atoms with Crippen LogP contribution in [-0.2, 0) is 6.54 Å². The van der Waals surface area contributed by atoms with Gasteiger partial charge in [-0.15, -0.1) is 0 Å². The zero-order valence-electron chi connectivity index (χ0n) is 15.2. The SMILES string of the molecule is O=C(NCc1cc(-c2ccncc2)n(C2CCCC2)n1)c1c(F)cccc1Cl. The van der Waals surface area contributed by atoms with E-state index in [2.05, 4.69) is 15.0 Å². The fraction of sp³-hybridized carbons (Fsp3) is 0.286. The molecule has 1 aliphatic rings. The largest absolute Gasteiger partial charge is 0.346 e. The van der Waals surface area contributed by atoms with Gasteiger partial charge in [-0.05, 0) is 43.2 Å². The van der Waals surface area contributed by atoms with Crippen molar-refractivity contribution >= 4 is 17.5 Å². The van der Waals surface area contributed by atoms with Crippen molar-refractivity contribution in [1.82, 2.24) is 20.1 Å². The van der Waals surface area contributed by atoms with Crippen molar-refractivity contribution in [2.75, 3.05) is 0 Å². The van der Waals surface area contributed by atoms with Crippen LogP contribution in [0.1, 0.15) is 47.8 Å². The summed E-state index contributed by atoms with van der Waals surface area (Å²) in [5.41, 5.74) is 2.61. The van der Waals surface area contributed by atoms with Gasteiger partial charge < -0.3 is 5.32 Å². The molecule has 28 heavy (non-hydrogen) atoms. The number of rotatable bonds is 5. The Kier molecular flexibility index (Phi) is 5.39. The van der Waals surface area contributed by atoms with E-state index in [4.69, 9.17) is 16.7 Å². The van der Waals surface area contributed by atoms with Crippen LogP contribution in [0.5, 0.6) is 0 Å². The van der Waals surface area contributed by atoms with Crippen LogP contribution in [0.25, 0.3) is 11.3 Å². The molecule has 0 saturated heterocycles. The standard InChI is InChI=1S/C21H20ClFN4O/c22-17-6-3-7-18(23)20(17)21(28)25-13-15-12-19(14-8-10-24-11-9-14)27(26-15)16-4-1-2-5-16/h3,6-12,16H,1-2,4-5,13H2,(H,25,28). The summed E-state index contributed by atoms with van der Waals surface area (Å²) in [5, 5.41) is 7.55. The van der Waals surface area contributed by atoms with Crippen LogP contribution in [0, 0.1) is 5.82 Å². The van der Waals surface area contributed by atoms with E-state index < -0.39 is 11.7 Å². The van der Waals surface area contributed by atoms with Gasteiger partial charge in [0.25, 0.3) is 5.91 Å². The predicted octanol–water partition coefficient (Wildman–Crippen LogP) is 4.78. The number of aromatic nitrogens is 3. The minimum absolute atomic E-state index is 0.0893. The van der Waals surface area contributed by atoms with Gasteiger partial charge in [0.2, 0.25) is 0 Å². The van der Waals surface area contributed by atoms with Crippen molar-refractivity contribution in [2.24, 2.45) is 0 Å². The lowest BCUT2D eigenvalue weighted by atomic mass is 10.1. The van der Waals surface area contributed by atoms with Gasteiger partial charge in [0.15, 0.2) is 0 Å². The summed E-state index contributed by atoms with van der Waals surface area (Å²) in [6.07, 6.45) is 8.08. The molecule has 5 nitrogen and oxygen atoms in total. The number of carbonyl (C=O) groups excluding carboxylic acids is 1. The molecule has 0 bridgehead atoms. The summed E-state index contributed by atoms with van der Waals surface area (Å²) in [7, 11) is 0. The van der Waals surface area contributed by atoms with Crippen LogP contribution in [0.3, 0.4) is 0 Å². The fourth-order valence-electron chi connectivity index (χ4n) is 3.67. The molecule has 1 N–H and O–H groups in total. The highest BCUT2D eigenvalue weighted by molar-refractivity contribution is 6.33. The maximum Gasteiger partial charge on any atom is 0.256 e. The second-order valence-corrected chi connectivity index (χ2v) is 7.33. The van der Waals surface area contributed by atoms with Crippen molar-refractivity contribution in [3.05, 3.63) is 70.9 Å². The Morgan fingerprint density at radius 1 is 1.21 bits per heavy atom. The molecule has 1 amide bonds. The Hall–Kier alpha value is -2.73. The summed E-state index contributed by atoms with van der Waals surface area (Å²) >= 11 is 5.98.